The van der Waals surface area contributed by atoms with Crippen molar-refractivity contribution in [2.24, 2.45) is 0 Å². The molecule has 0 radical (unpaired) electrons. The van der Waals surface area contributed by atoms with Crippen molar-refractivity contribution in [3.8, 4) is 0 Å². The van der Waals surface area contributed by atoms with Crippen molar-refractivity contribution >= 4 is 5.91 Å². The first-order valence-corrected chi connectivity index (χ1v) is 5.55. The molecule has 0 aliphatic carbocycles. The zero-order chi connectivity index (χ0) is 14.8. The highest BCUT2D eigenvalue weighted by Gasteiger charge is 2.31. The Morgan fingerprint density at radius 3 is 2.60 bits per heavy atom. The number of alkyl halides is 3. The molecule has 0 spiro atoms. The van der Waals surface area contributed by atoms with Crippen LogP contribution in [0.15, 0.2) is 41.0 Å². The van der Waals surface area contributed by atoms with Crippen LogP contribution in [0.1, 0.15) is 21.7 Å². The lowest BCUT2D eigenvalue weighted by Gasteiger charge is -2.09. The van der Waals surface area contributed by atoms with Gasteiger partial charge in [-0.25, -0.2) is 4.39 Å². The van der Waals surface area contributed by atoms with Gasteiger partial charge in [-0.1, -0.05) is 0 Å². The van der Waals surface area contributed by atoms with E-state index in [0.717, 1.165) is 0 Å². The summed E-state index contributed by atoms with van der Waals surface area (Å²) in [5.74, 6) is -1.55. The Hall–Kier alpha value is -2.31. The van der Waals surface area contributed by atoms with Crippen molar-refractivity contribution in [1.29, 1.82) is 0 Å². The molecule has 1 heterocycles. The number of benzene rings is 1. The van der Waals surface area contributed by atoms with Gasteiger partial charge >= 0.3 is 6.18 Å². The number of halogens is 4. The van der Waals surface area contributed by atoms with E-state index in [1.54, 1.807) is 12.1 Å². The molecular formula is C13H9F4NO2. The second-order valence-corrected chi connectivity index (χ2v) is 3.95. The fourth-order valence-corrected chi connectivity index (χ4v) is 1.55. The highest BCUT2D eigenvalue weighted by atomic mass is 19.4. The number of rotatable bonds is 3. The molecule has 7 heteroatoms. The van der Waals surface area contributed by atoms with E-state index in [2.05, 4.69) is 5.32 Å². The van der Waals surface area contributed by atoms with Crippen LogP contribution in [0.25, 0.3) is 0 Å². The van der Waals surface area contributed by atoms with Gasteiger partial charge in [-0.2, -0.15) is 13.2 Å². The van der Waals surface area contributed by atoms with Crippen LogP contribution in [0.4, 0.5) is 17.6 Å². The van der Waals surface area contributed by atoms with Crippen LogP contribution in [-0.4, -0.2) is 5.91 Å². The molecule has 0 fully saturated rings. The molecule has 0 unspecified atom stereocenters. The SMILES string of the molecule is O=C(NCc1ccco1)c1cc(C(F)(F)F)ccc1F. The molecular weight excluding hydrogens is 278 g/mol. The van der Waals surface area contributed by atoms with E-state index in [0.29, 0.717) is 24.0 Å². The zero-order valence-electron chi connectivity index (χ0n) is 10.00. The standard InChI is InChI=1S/C13H9F4NO2/c14-11-4-3-8(13(15,16)17)6-10(11)12(19)18-7-9-2-1-5-20-9/h1-6H,7H2,(H,18,19). The topological polar surface area (TPSA) is 42.2 Å². The molecule has 0 atom stereocenters. The van der Waals surface area contributed by atoms with Crippen LogP contribution in [0, 0.1) is 5.82 Å². The van der Waals surface area contributed by atoms with Gasteiger partial charge in [0.05, 0.1) is 23.9 Å². The molecule has 1 amide bonds. The number of furan rings is 1. The van der Waals surface area contributed by atoms with Crippen molar-refractivity contribution in [1.82, 2.24) is 5.32 Å². The molecule has 2 rings (SSSR count). The first-order valence-electron chi connectivity index (χ1n) is 5.55. The number of carbonyl (C=O) groups is 1. The molecule has 0 saturated carbocycles. The molecule has 1 N–H and O–H groups in total. The molecule has 0 bridgehead atoms. The molecule has 0 saturated heterocycles. The Morgan fingerprint density at radius 1 is 1.25 bits per heavy atom. The fourth-order valence-electron chi connectivity index (χ4n) is 1.55. The molecule has 106 valence electrons. The van der Waals surface area contributed by atoms with E-state index in [1.807, 2.05) is 0 Å². The van der Waals surface area contributed by atoms with Crippen LogP contribution in [0.3, 0.4) is 0 Å². The normalized spacial score (nSPS) is 11.4. The van der Waals surface area contributed by atoms with E-state index in [9.17, 15) is 22.4 Å². The van der Waals surface area contributed by atoms with Crippen molar-refractivity contribution in [3.63, 3.8) is 0 Å². The summed E-state index contributed by atoms with van der Waals surface area (Å²) in [5.41, 5.74) is -1.74. The molecule has 0 aliphatic heterocycles. The summed E-state index contributed by atoms with van der Waals surface area (Å²) in [6, 6.07) is 4.84. The lowest BCUT2D eigenvalue weighted by Crippen LogP contribution is -2.24. The minimum Gasteiger partial charge on any atom is -0.467 e. The van der Waals surface area contributed by atoms with E-state index in [-0.39, 0.29) is 6.54 Å². The van der Waals surface area contributed by atoms with Gasteiger partial charge in [0, 0.05) is 0 Å². The Balaban J connectivity index is 2.16. The minimum absolute atomic E-state index is 0.0402. The van der Waals surface area contributed by atoms with Gasteiger partial charge in [-0.3, -0.25) is 4.79 Å². The predicted molar refractivity (Wildman–Crippen MR) is 61.3 cm³/mol. The van der Waals surface area contributed by atoms with Gasteiger partial charge in [0.25, 0.3) is 5.91 Å². The van der Waals surface area contributed by atoms with Crippen LogP contribution in [0.2, 0.25) is 0 Å². The zero-order valence-corrected chi connectivity index (χ0v) is 10.00. The molecule has 20 heavy (non-hydrogen) atoms. The highest BCUT2D eigenvalue weighted by Crippen LogP contribution is 2.30. The summed E-state index contributed by atoms with van der Waals surface area (Å²) in [6.07, 6.45) is -3.25. The first kappa shape index (κ1) is 14.1. The van der Waals surface area contributed by atoms with E-state index >= 15 is 0 Å². The van der Waals surface area contributed by atoms with Crippen LogP contribution in [-0.2, 0) is 12.7 Å². The monoisotopic (exact) mass is 287 g/mol. The van der Waals surface area contributed by atoms with Crippen molar-refractivity contribution < 1.29 is 26.8 Å². The molecule has 1 aromatic carbocycles. The van der Waals surface area contributed by atoms with Crippen LogP contribution in [0.5, 0.6) is 0 Å². The summed E-state index contributed by atoms with van der Waals surface area (Å²) in [5, 5.41) is 2.28. The fraction of sp³-hybridized carbons (Fsp3) is 0.154. The maximum Gasteiger partial charge on any atom is 0.416 e. The summed E-state index contributed by atoms with van der Waals surface area (Å²) < 4.78 is 55.9. The minimum atomic E-state index is -4.64. The maximum absolute atomic E-state index is 13.4. The van der Waals surface area contributed by atoms with Crippen molar-refractivity contribution in [2.75, 3.05) is 0 Å². The Kier molecular flexibility index (Phi) is 3.78. The number of hydrogen-bond donors (Lipinski definition) is 1. The van der Waals surface area contributed by atoms with Crippen molar-refractivity contribution in [3.05, 3.63) is 59.3 Å². The molecule has 2 aromatic rings. The predicted octanol–water partition coefficient (Wildman–Crippen LogP) is 3.37. The summed E-state index contributed by atoms with van der Waals surface area (Å²) in [6.45, 7) is -0.0402. The maximum atomic E-state index is 13.4. The van der Waals surface area contributed by atoms with Gasteiger partial charge in [0.2, 0.25) is 0 Å². The summed E-state index contributed by atoms with van der Waals surface area (Å²) >= 11 is 0. The van der Waals surface area contributed by atoms with Crippen molar-refractivity contribution in [2.45, 2.75) is 12.7 Å². The van der Waals surface area contributed by atoms with Gasteiger partial charge in [-0.15, -0.1) is 0 Å². The average Bonchev–Trinajstić information content (AvgIpc) is 2.88. The number of amides is 1. The summed E-state index contributed by atoms with van der Waals surface area (Å²) in [4.78, 5) is 11.7. The second kappa shape index (κ2) is 5.36. The smallest absolute Gasteiger partial charge is 0.416 e. The third-order valence-electron chi connectivity index (χ3n) is 2.54. The average molecular weight is 287 g/mol. The van der Waals surface area contributed by atoms with Gasteiger partial charge < -0.3 is 9.73 Å². The van der Waals surface area contributed by atoms with Gasteiger partial charge in [0.15, 0.2) is 0 Å². The number of hydrogen-bond acceptors (Lipinski definition) is 2. The van der Waals surface area contributed by atoms with E-state index < -0.39 is 29.0 Å². The third kappa shape index (κ3) is 3.17. The highest BCUT2D eigenvalue weighted by molar-refractivity contribution is 5.94. The largest absolute Gasteiger partial charge is 0.467 e. The number of nitrogens with one attached hydrogen (secondary N) is 1. The summed E-state index contributed by atoms with van der Waals surface area (Å²) in [7, 11) is 0. The van der Waals surface area contributed by atoms with Crippen LogP contribution < -0.4 is 5.32 Å². The van der Waals surface area contributed by atoms with E-state index in [1.165, 1.54) is 6.26 Å². The molecule has 1 aromatic heterocycles. The second-order valence-electron chi connectivity index (χ2n) is 3.95. The van der Waals surface area contributed by atoms with E-state index in [4.69, 9.17) is 4.42 Å². The molecule has 0 aliphatic rings. The Morgan fingerprint density at radius 2 is 2.00 bits per heavy atom. The first-order chi connectivity index (χ1) is 9.38. The quantitative estimate of drug-likeness (QED) is 0.879. The van der Waals surface area contributed by atoms with Gasteiger partial charge in [0.1, 0.15) is 11.6 Å². The van der Waals surface area contributed by atoms with Gasteiger partial charge in [-0.05, 0) is 30.3 Å². The third-order valence-corrected chi connectivity index (χ3v) is 2.54. The molecule has 3 nitrogen and oxygen atoms in total. The Labute approximate surface area is 111 Å². The van der Waals surface area contributed by atoms with Crippen LogP contribution >= 0.6 is 0 Å². The lowest BCUT2D eigenvalue weighted by atomic mass is 10.1. The Bertz CT molecular complexity index is 605. The lowest BCUT2D eigenvalue weighted by molar-refractivity contribution is -0.137. The number of carbonyl (C=O) groups excluding carboxylic acids is 1.